The average molecular weight is 264 g/mol. The standard InChI is InChI=1S/C13H20N4O2/c1-10-5-7-16(8-6-10)9-11-3-2-4-12(17(18)19)13(11)15-14/h2-4,10,15H,5-9,14H2,1H3. The molecule has 0 aliphatic carbocycles. The van der Waals surface area contributed by atoms with E-state index >= 15 is 0 Å². The summed E-state index contributed by atoms with van der Waals surface area (Å²) in [7, 11) is 0. The van der Waals surface area contributed by atoms with Gasteiger partial charge in [-0.3, -0.25) is 20.9 Å². The molecule has 0 radical (unpaired) electrons. The maximum Gasteiger partial charge on any atom is 0.293 e. The number of nitro benzene ring substituents is 1. The molecule has 1 aliphatic heterocycles. The molecule has 19 heavy (non-hydrogen) atoms. The number of hydrogen-bond acceptors (Lipinski definition) is 5. The zero-order chi connectivity index (χ0) is 13.8. The van der Waals surface area contributed by atoms with Crippen LogP contribution in [0.15, 0.2) is 18.2 Å². The summed E-state index contributed by atoms with van der Waals surface area (Å²) < 4.78 is 0. The number of para-hydroxylation sites is 1. The lowest BCUT2D eigenvalue weighted by Gasteiger charge is -2.30. The van der Waals surface area contributed by atoms with E-state index in [1.165, 1.54) is 18.9 Å². The first-order valence-corrected chi connectivity index (χ1v) is 6.57. The number of hydrogen-bond donors (Lipinski definition) is 2. The first-order chi connectivity index (χ1) is 9.11. The van der Waals surface area contributed by atoms with Crippen LogP contribution in [0.5, 0.6) is 0 Å². The quantitative estimate of drug-likeness (QED) is 0.494. The van der Waals surface area contributed by atoms with E-state index in [-0.39, 0.29) is 5.69 Å². The summed E-state index contributed by atoms with van der Waals surface area (Å²) in [4.78, 5) is 12.9. The third-order valence-corrected chi connectivity index (χ3v) is 3.74. The lowest BCUT2D eigenvalue weighted by atomic mass is 9.98. The van der Waals surface area contributed by atoms with Crippen LogP contribution in [0.1, 0.15) is 25.3 Å². The normalized spacial score (nSPS) is 17.4. The van der Waals surface area contributed by atoms with E-state index < -0.39 is 4.92 Å². The Balaban J connectivity index is 2.16. The van der Waals surface area contributed by atoms with E-state index in [0.717, 1.165) is 24.6 Å². The van der Waals surface area contributed by atoms with E-state index in [1.54, 1.807) is 6.07 Å². The Labute approximate surface area is 112 Å². The third kappa shape index (κ3) is 3.21. The van der Waals surface area contributed by atoms with Gasteiger partial charge in [0.1, 0.15) is 5.69 Å². The van der Waals surface area contributed by atoms with Gasteiger partial charge in [0.2, 0.25) is 0 Å². The highest BCUT2D eigenvalue weighted by molar-refractivity contribution is 5.65. The lowest BCUT2D eigenvalue weighted by Crippen LogP contribution is -2.32. The fourth-order valence-corrected chi connectivity index (χ4v) is 2.50. The minimum atomic E-state index is -0.406. The Hall–Kier alpha value is -1.66. The van der Waals surface area contributed by atoms with Crippen LogP contribution >= 0.6 is 0 Å². The maximum atomic E-state index is 11.0. The second-order valence-electron chi connectivity index (χ2n) is 5.17. The predicted molar refractivity (Wildman–Crippen MR) is 74.6 cm³/mol. The number of benzene rings is 1. The Morgan fingerprint density at radius 2 is 2.16 bits per heavy atom. The summed E-state index contributed by atoms with van der Waals surface area (Å²) in [6, 6.07) is 5.07. The summed E-state index contributed by atoms with van der Waals surface area (Å²) >= 11 is 0. The topological polar surface area (TPSA) is 84.4 Å². The van der Waals surface area contributed by atoms with E-state index in [1.807, 2.05) is 6.07 Å². The van der Waals surface area contributed by atoms with Gasteiger partial charge in [0.05, 0.1) is 4.92 Å². The van der Waals surface area contributed by atoms with Crippen molar-refractivity contribution < 1.29 is 4.92 Å². The van der Waals surface area contributed by atoms with Crippen molar-refractivity contribution in [3.63, 3.8) is 0 Å². The fraction of sp³-hybridized carbons (Fsp3) is 0.538. The first kappa shape index (κ1) is 13.8. The molecule has 0 saturated carbocycles. The van der Waals surface area contributed by atoms with Crippen molar-refractivity contribution in [2.24, 2.45) is 11.8 Å². The van der Waals surface area contributed by atoms with Gasteiger partial charge in [0.15, 0.2) is 0 Å². The van der Waals surface area contributed by atoms with Crippen LogP contribution in [0.4, 0.5) is 11.4 Å². The van der Waals surface area contributed by atoms with Crippen molar-refractivity contribution in [2.75, 3.05) is 18.5 Å². The number of nitro groups is 1. The largest absolute Gasteiger partial charge is 0.318 e. The van der Waals surface area contributed by atoms with Crippen molar-refractivity contribution in [3.05, 3.63) is 33.9 Å². The molecule has 104 valence electrons. The molecule has 0 bridgehead atoms. The Morgan fingerprint density at radius 1 is 1.47 bits per heavy atom. The fourth-order valence-electron chi connectivity index (χ4n) is 2.50. The summed E-state index contributed by atoms with van der Waals surface area (Å²) in [5.41, 5.74) is 3.81. The number of hydrazine groups is 1. The number of nitrogens with zero attached hydrogens (tertiary/aromatic N) is 2. The molecule has 3 N–H and O–H groups in total. The molecule has 6 nitrogen and oxygen atoms in total. The second-order valence-corrected chi connectivity index (χ2v) is 5.17. The average Bonchev–Trinajstić information content (AvgIpc) is 2.41. The van der Waals surface area contributed by atoms with Gasteiger partial charge in [-0.1, -0.05) is 19.1 Å². The van der Waals surface area contributed by atoms with E-state index in [2.05, 4.69) is 17.2 Å². The zero-order valence-electron chi connectivity index (χ0n) is 11.1. The minimum absolute atomic E-state index is 0.0328. The molecule has 0 spiro atoms. The van der Waals surface area contributed by atoms with Gasteiger partial charge >= 0.3 is 0 Å². The highest BCUT2D eigenvalue weighted by Crippen LogP contribution is 2.29. The molecule has 1 aliphatic rings. The van der Waals surface area contributed by atoms with Gasteiger partial charge in [0.25, 0.3) is 5.69 Å². The van der Waals surface area contributed by atoms with Crippen molar-refractivity contribution in [2.45, 2.75) is 26.3 Å². The summed E-state index contributed by atoms with van der Waals surface area (Å²) in [5, 5.41) is 11.0. The number of nitrogens with two attached hydrogens (primary N) is 1. The van der Waals surface area contributed by atoms with Crippen molar-refractivity contribution in [1.29, 1.82) is 0 Å². The number of anilines is 1. The molecule has 0 amide bonds. The first-order valence-electron chi connectivity index (χ1n) is 6.57. The molecule has 0 unspecified atom stereocenters. The third-order valence-electron chi connectivity index (χ3n) is 3.74. The van der Waals surface area contributed by atoms with Gasteiger partial charge in [-0.2, -0.15) is 0 Å². The van der Waals surface area contributed by atoms with E-state index in [4.69, 9.17) is 5.84 Å². The molecule has 2 rings (SSSR count). The monoisotopic (exact) mass is 264 g/mol. The minimum Gasteiger partial charge on any atom is -0.318 e. The smallest absolute Gasteiger partial charge is 0.293 e. The number of piperidine rings is 1. The zero-order valence-corrected chi connectivity index (χ0v) is 11.1. The molecule has 1 fully saturated rings. The summed E-state index contributed by atoms with van der Waals surface area (Å²) in [5.74, 6) is 6.22. The highest BCUT2D eigenvalue weighted by atomic mass is 16.6. The van der Waals surface area contributed by atoms with E-state index in [0.29, 0.717) is 12.2 Å². The van der Waals surface area contributed by atoms with Crippen molar-refractivity contribution in [3.8, 4) is 0 Å². The number of rotatable bonds is 4. The van der Waals surface area contributed by atoms with Crippen LogP contribution in [0.25, 0.3) is 0 Å². The molecule has 6 heteroatoms. The molecule has 1 aromatic carbocycles. The number of likely N-dealkylation sites (tertiary alicyclic amines) is 1. The van der Waals surface area contributed by atoms with Gasteiger partial charge in [-0.15, -0.1) is 0 Å². The Kier molecular flexibility index (Phi) is 4.34. The molecule has 1 saturated heterocycles. The Bertz CT molecular complexity index is 456. The van der Waals surface area contributed by atoms with Crippen LogP contribution in [-0.4, -0.2) is 22.9 Å². The maximum absolute atomic E-state index is 11.0. The molecule has 0 aromatic heterocycles. The van der Waals surface area contributed by atoms with Crippen LogP contribution in [-0.2, 0) is 6.54 Å². The van der Waals surface area contributed by atoms with Crippen LogP contribution in [0, 0.1) is 16.0 Å². The predicted octanol–water partition coefficient (Wildman–Crippen LogP) is 2.11. The van der Waals surface area contributed by atoms with Crippen LogP contribution < -0.4 is 11.3 Å². The molecule has 0 atom stereocenters. The summed E-state index contributed by atoms with van der Waals surface area (Å²) in [6.07, 6.45) is 2.36. The van der Waals surface area contributed by atoms with Crippen LogP contribution in [0.2, 0.25) is 0 Å². The van der Waals surface area contributed by atoms with Crippen molar-refractivity contribution >= 4 is 11.4 Å². The number of nitrogen functional groups attached to an aromatic ring is 1. The summed E-state index contributed by atoms with van der Waals surface area (Å²) in [6.45, 7) is 5.03. The van der Waals surface area contributed by atoms with Gasteiger partial charge in [0, 0.05) is 12.6 Å². The second kappa shape index (κ2) is 5.99. The molecule has 1 aromatic rings. The SMILES string of the molecule is CC1CCN(Cc2cccc([N+](=O)[O-])c2NN)CC1. The molecule has 1 heterocycles. The van der Waals surface area contributed by atoms with Crippen LogP contribution in [0.3, 0.4) is 0 Å². The molecular formula is C13H20N4O2. The molecular weight excluding hydrogens is 244 g/mol. The van der Waals surface area contributed by atoms with Gasteiger partial charge in [-0.05, 0) is 37.4 Å². The van der Waals surface area contributed by atoms with Gasteiger partial charge < -0.3 is 5.43 Å². The lowest BCUT2D eigenvalue weighted by molar-refractivity contribution is -0.384. The highest BCUT2D eigenvalue weighted by Gasteiger charge is 2.20. The Morgan fingerprint density at radius 3 is 2.74 bits per heavy atom. The van der Waals surface area contributed by atoms with Crippen molar-refractivity contribution in [1.82, 2.24) is 4.90 Å². The van der Waals surface area contributed by atoms with E-state index in [9.17, 15) is 10.1 Å². The number of nitrogens with one attached hydrogen (secondary N) is 1. The van der Waals surface area contributed by atoms with Gasteiger partial charge in [-0.25, -0.2) is 0 Å².